The van der Waals surface area contributed by atoms with E-state index in [1.54, 1.807) is 18.2 Å². The highest BCUT2D eigenvalue weighted by Crippen LogP contribution is 2.16. The van der Waals surface area contributed by atoms with Crippen LogP contribution in [0.5, 0.6) is 0 Å². The minimum Gasteiger partial charge on any atom is -0.368 e. The Morgan fingerprint density at radius 2 is 1.65 bits per heavy atom. The Hall–Kier alpha value is -3.21. The van der Waals surface area contributed by atoms with Crippen LogP contribution in [0, 0.1) is 5.82 Å². The SMILES string of the molecule is NC(=O)[C@H](Cc1ccccc1F)NC(=O)Cc1ccc2ccccc2c1. The maximum Gasteiger partial charge on any atom is 0.240 e. The largest absolute Gasteiger partial charge is 0.368 e. The molecule has 2 amide bonds. The number of amides is 2. The van der Waals surface area contributed by atoms with Crippen LogP contribution in [0.2, 0.25) is 0 Å². The zero-order chi connectivity index (χ0) is 18.5. The number of nitrogens with one attached hydrogen (secondary N) is 1. The summed E-state index contributed by atoms with van der Waals surface area (Å²) in [6, 6.07) is 18.8. The lowest BCUT2D eigenvalue weighted by molar-refractivity contribution is -0.127. The molecule has 3 aromatic rings. The van der Waals surface area contributed by atoms with Crippen molar-refractivity contribution < 1.29 is 14.0 Å². The van der Waals surface area contributed by atoms with Crippen LogP contribution in [0.4, 0.5) is 4.39 Å². The van der Waals surface area contributed by atoms with Crippen LogP contribution in [0.15, 0.2) is 66.7 Å². The Bertz CT molecular complexity index is 955. The van der Waals surface area contributed by atoms with Gasteiger partial charge in [0.05, 0.1) is 6.42 Å². The molecule has 0 spiro atoms. The van der Waals surface area contributed by atoms with E-state index in [2.05, 4.69) is 5.32 Å². The lowest BCUT2D eigenvalue weighted by Gasteiger charge is -2.16. The minimum atomic E-state index is -0.958. The molecular weight excluding hydrogens is 331 g/mol. The molecule has 26 heavy (non-hydrogen) atoms. The first-order valence-electron chi connectivity index (χ1n) is 8.32. The van der Waals surface area contributed by atoms with Gasteiger partial charge in [-0.05, 0) is 28.0 Å². The highest BCUT2D eigenvalue weighted by atomic mass is 19.1. The molecule has 0 saturated carbocycles. The van der Waals surface area contributed by atoms with E-state index in [0.717, 1.165) is 16.3 Å². The molecule has 0 aliphatic heterocycles. The number of hydrogen-bond donors (Lipinski definition) is 2. The summed E-state index contributed by atoms with van der Waals surface area (Å²) in [6.45, 7) is 0. The lowest BCUT2D eigenvalue weighted by atomic mass is 10.0. The van der Waals surface area contributed by atoms with Gasteiger partial charge in [0.1, 0.15) is 11.9 Å². The van der Waals surface area contributed by atoms with E-state index in [4.69, 9.17) is 5.73 Å². The van der Waals surface area contributed by atoms with Gasteiger partial charge in [0.25, 0.3) is 0 Å². The summed E-state index contributed by atoms with van der Waals surface area (Å²) in [5, 5.41) is 4.74. The summed E-state index contributed by atoms with van der Waals surface area (Å²) in [7, 11) is 0. The molecule has 0 fully saturated rings. The number of carbonyl (C=O) groups excluding carboxylic acids is 2. The Kier molecular flexibility index (Phi) is 5.27. The molecule has 0 aliphatic carbocycles. The number of nitrogens with two attached hydrogens (primary N) is 1. The van der Waals surface area contributed by atoms with Gasteiger partial charge in [-0.3, -0.25) is 9.59 Å². The van der Waals surface area contributed by atoms with Crippen molar-refractivity contribution in [2.45, 2.75) is 18.9 Å². The van der Waals surface area contributed by atoms with Gasteiger partial charge in [0, 0.05) is 6.42 Å². The summed E-state index contributed by atoms with van der Waals surface area (Å²) in [5.74, 6) is -1.46. The number of halogens is 1. The molecule has 3 N–H and O–H groups in total. The smallest absolute Gasteiger partial charge is 0.240 e. The summed E-state index contributed by atoms with van der Waals surface area (Å²) in [6.07, 6.45) is 0.136. The number of primary amides is 1. The zero-order valence-corrected chi connectivity index (χ0v) is 14.1. The quantitative estimate of drug-likeness (QED) is 0.717. The number of carbonyl (C=O) groups is 2. The average molecular weight is 350 g/mol. The molecule has 0 aromatic heterocycles. The first-order chi connectivity index (χ1) is 12.5. The van der Waals surface area contributed by atoms with Gasteiger partial charge in [0.15, 0.2) is 0 Å². The van der Waals surface area contributed by atoms with E-state index < -0.39 is 17.8 Å². The maximum absolute atomic E-state index is 13.8. The molecule has 132 valence electrons. The summed E-state index contributed by atoms with van der Waals surface area (Å²) in [4.78, 5) is 24.0. The molecule has 0 saturated heterocycles. The third-order valence-electron chi connectivity index (χ3n) is 4.24. The van der Waals surface area contributed by atoms with Crippen molar-refractivity contribution in [3.8, 4) is 0 Å². The molecule has 0 bridgehead atoms. The molecule has 0 radical (unpaired) electrons. The van der Waals surface area contributed by atoms with Crippen molar-refractivity contribution in [3.05, 3.63) is 83.7 Å². The minimum absolute atomic E-state index is 0.0193. The maximum atomic E-state index is 13.8. The van der Waals surface area contributed by atoms with Crippen molar-refractivity contribution in [1.29, 1.82) is 0 Å². The Balaban J connectivity index is 1.69. The summed E-state index contributed by atoms with van der Waals surface area (Å²) >= 11 is 0. The first-order valence-corrected chi connectivity index (χ1v) is 8.32. The molecule has 4 nitrogen and oxygen atoms in total. The molecule has 0 heterocycles. The van der Waals surface area contributed by atoms with Crippen molar-refractivity contribution in [2.75, 3.05) is 0 Å². The second-order valence-electron chi connectivity index (χ2n) is 6.18. The van der Waals surface area contributed by atoms with Gasteiger partial charge in [-0.2, -0.15) is 0 Å². The topological polar surface area (TPSA) is 72.2 Å². The van der Waals surface area contributed by atoms with Crippen LogP contribution in [-0.4, -0.2) is 17.9 Å². The third kappa shape index (κ3) is 4.25. The Labute approximate surface area is 150 Å². The van der Waals surface area contributed by atoms with Crippen LogP contribution >= 0.6 is 0 Å². The van der Waals surface area contributed by atoms with Crippen LogP contribution < -0.4 is 11.1 Å². The van der Waals surface area contributed by atoms with Gasteiger partial charge in [-0.1, -0.05) is 60.7 Å². The van der Waals surface area contributed by atoms with E-state index in [0.29, 0.717) is 5.56 Å². The number of rotatable bonds is 6. The van der Waals surface area contributed by atoms with E-state index >= 15 is 0 Å². The Morgan fingerprint density at radius 3 is 2.38 bits per heavy atom. The molecular formula is C21H19FN2O2. The van der Waals surface area contributed by atoms with Crippen molar-refractivity contribution >= 4 is 22.6 Å². The first kappa shape index (κ1) is 17.6. The summed E-state index contributed by atoms with van der Waals surface area (Å²) in [5.41, 5.74) is 6.54. The van der Waals surface area contributed by atoms with E-state index in [9.17, 15) is 14.0 Å². The van der Waals surface area contributed by atoms with Gasteiger partial charge >= 0.3 is 0 Å². The van der Waals surface area contributed by atoms with E-state index in [1.165, 1.54) is 6.07 Å². The van der Waals surface area contributed by atoms with Crippen LogP contribution in [0.1, 0.15) is 11.1 Å². The number of fused-ring (bicyclic) bond motifs is 1. The lowest BCUT2D eigenvalue weighted by Crippen LogP contribution is -2.46. The molecule has 3 rings (SSSR count). The van der Waals surface area contributed by atoms with Gasteiger partial charge in [-0.15, -0.1) is 0 Å². The Morgan fingerprint density at radius 1 is 0.962 bits per heavy atom. The highest BCUT2D eigenvalue weighted by molar-refractivity contribution is 5.89. The second kappa shape index (κ2) is 7.78. The average Bonchev–Trinajstić information content (AvgIpc) is 2.62. The van der Waals surface area contributed by atoms with Crippen molar-refractivity contribution in [1.82, 2.24) is 5.32 Å². The standard InChI is InChI=1S/C21H19FN2O2/c22-18-8-4-3-7-17(18)13-19(21(23)26)24-20(25)12-14-9-10-15-5-1-2-6-16(15)11-14/h1-11,19H,12-13H2,(H2,23,26)(H,24,25)/t19-/m0/s1. The molecule has 3 aromatic carbocycles. The molecule has 0 unspecified atom stereocenters. The predicted molar refractivity (Wildman–Crippen MR) is 98.9 cm³/mol. The summed E-state index contributed by atoms with van der Waals surface area (Å²) < 4.78 is 13.8. The second-order valence-corrected chi connectivity index (χ2v) is 6.18. The fourth-order valence-corrected chi connectivity index (χ4v) is 2.89. The molecule has 0 aliphatic rings. The van der Waals surface area contributed by atoms with Crippen LogP contribution in [-0.2, 0) is 22.4 Å². The molecule has 1 atom stereocenters. The normalized spacial score (nSPS) is 11.9. The number of benzene rings is 3. The number of hydrogen-bond acceptors (Lipinski definition) is 2. The fourth-order valence-electron chi connectivity index (χ4n) is 2.89. The predicted octanol–water partition coefficient (Wildman–Crippen LogP) is 2.73. The van der Waals surface area contributed by atoms with E-state index in [1.807, 2.05) is 42.5 Å². The van der Waals surface area contributed by atoms with Gasteiger partial charge in [0.2, 0.25) is 11.8 Å². The fraction of sp³-hybridized carbons (Fsp3) is 0.143. The van der Waals surface area contributed by atoms with Gasteiger partial charge < -0.3 is 11.1 Å². The highest BCUT2D eigenvalue weighted by Gasteiger charge is 2.20. The van der Waals surface area contributed by atoms with Crippen LogP contribution in [0.25, 0.3) is 10.8 Å². The van der Waals surface area contributed by atoms with E-state index in [-0.39, 0.29) is 18.7 Å². The van der Waals surface area contributed by atoms with Crippen molar-refractivity contribution in [3.63, 3.8) is 0 Å². The monoisotopic (exact) mass is 350 g/mol. The zero-order valence-electron chi connectivity index (χ0n) is 14.1. The van der Waals surface area contributed by atoms with Crippen molar-refractivity contribution in [2.24, 2.45) is 5.73 Å². The van der Waals surface area contributed by atoms with Crippen LogP contribution in [0.3, 0.4) is 0 Å². The van der Waals surface area contributed by atoms with Gasteiger partial charge in [-0.25, -0.2) is 4.39 Å². The molecule has 5 heteroatoms. The third-order valence-corrected chi connectivity index (χ3v) is 4.24.